The molecule has 0 amide bonds. The largest absolute Gasteiger partial charge is 0.490 e. The van der Waals surface area contributed by atoms with Gasteiger partial charge >= 0.3 is 5.69 Å². The maximum atomic E-state index is 12.3. The summed E-state index contributed by atoms with van der Waals surface area (Å²) in [5, 5.41) is 15.0. The zero-order valence-corrected chi connectivity index (χ0v) is 13.4. The van der Waals surface area contributed by atoms with E-state index in [9.17, 15) is 18.5 Å². The Hall–Kier alpha value is -2.46. The molecule has 9 nitrogen and oxygen atoms in total. The lowest BCUT2D eigenvalue weighted by atomic mass is 10.3. The fraction of sp³-hybridized carbons (Fsp3) is 0.308. The summed E-state index contributed by atoms with van der Waals surface area (Å²) >= 11 is 0. The van der Waals surface area contributed by atoms with Crippen LogP contribution in [0.2, 0.25) is 0 Å². The first-order valence-corrected chi connectivity index (χ1v) is 8.14. The van der Waals surface area contributed by atoms with E-state index in [1.807, 2.05) is 0 Å². The Morgan fingerprint density at radius 3 is 2.78 bits per heavy atom. The summed E-state index contributed by atoms with van der Waals surface area (Å²) in [7, 11) is -2.62. The number of sulfonamides is 1. The highest BCUT2D eigenvalue weighted by Gasteiger charge is 2.23. The van der Waals surface area contributed by atoms with E-state index in [1.165, 1.54) is 19.2 Å². The smallest absolute Gasteiger partial charge is 0.312 e. The Kier molecular flexibility index (Phi) is 4.96. The van der Waals surface area contributed by atoms with E-state index in [1.54, 1.807) is 30.1 Å². The van der Waals surface area contributed by atoms with Crippen molar-refractivity contribution in [2.45, 2.75) is 24.4 Å². The van der Waals surface area contributed by atoms with Crippen LogP contribution in [0.25, 0.3) is 0 Å². The van der Waals surface area contributed by atoms with Gasteiger partial charge in [0.1, 0.15) is 0 Å². The third-order valence-corrected chi connectivity index (χ3v) is 4.62. The summed E-state index contributed by atoms with van der Waals surface area (Å²) in [6.45, 7) is 2.02. The summed E-state index contributed by atoms with van der Waals surface area (Å²) in [6, 6.07) is 4.77. The lowest BCUT2D eigenvalue weighted by molar-refractivity contribution is -0.386. The van der Waals surface area contributed by atoms with E-state index in [-0.39, 0.29) is 10.6 Å². The summed E-state index contributed by atoms with van der Waals surface area (Å²) in [6.07, 6.45) is 3.30. The SMILES string of the molecule is COc1ccc(S(=O)(=O)N[C@@H](C)Cn2cccn2)cc1[N+](=O)[O-]. The molecular weight excluding hydrogens is 324 g/mol. The number of aromatic nitrogens is 2. The Balaban J connectivity index is 2.22. The molecule has 124 valence electrons. The Morgan fingerprint density at radius 1 is 1.48 bits per heavy atom. The molecule has 23 heavy (non-hydrogen) atoms. The number of hydrogen-bond donors (Lipinski definition) is 1. The highest BCUT2D eigenvalue weighted by Crippen LogP contribution is 2.29. The molecule has 0 aliphatic heterocycles. The molecule has 0 unspecified atom stereocenters. The summed E-state index contributed by atoms with van der Waals surface area (Å²) < 4.78 is 33.6. The first kappa shape index (κ1) is 16.9. The van der Waals surface area contributed by atoms with Gasteiger partial charge in [-0.05, 0) is 25.1 Å². The lowest BCUT2D eigenvalue weighted by Gasteiger charge is -2.14. The normalized spacial score (nSPS) is 12.8. The highest BCUT2D eigenvalue weighted by molar-refractivity contribution is 7.89. The molecule has 0 bridgehead atoms. The Morgan fingerprint density at radius 2 is 2.22 bits per heavy atom. The second kappa shape index (κ2) is 6.75. The summed E-state index contributed by atoms with van der Waals surface area (Å²) in [4.78, 5) is 10.1. The van der Waals surface area contributed by atoms with Gasteiger partial charge in [0.15, 0.2) is 5.75 Å². The van der Waals surface area contributed by atoms with Crippen LogP contribution in [-0.4, -0.2) is 36.3 Å². The number of ether oxygens (including phenoxy) is 1. The monoisotopic (exact) mass is 340 g/mol. The Labute approximate surface area is 133 Å². The number of hydrogen-bond acceptors (Lipinski definition) is 6. The van der Waals surface area contributed by atoms with Gasteiger partial charge in [-0.15, -0.1) is 0 Å². The molecule has 0 fully saturated rings. The maximum absolute atomic E-state index is 12.3. The first-order valence-electron chi connectivity index (χ1n) is 6.65. The number of methoxy groups -OCH3 is 1. The van der Waals surface area contributed by atoms with Crippen LogP contribution < -0.4 is 9.46 Å². The van der Waals surface area contributed by atoms with E-state index in [0.29, 0.717) is 6.54 Å². The molecule has 0 saturated heterocycles. The second-order valence-corrected chi connectivity index (χ2v) is 6.56. The number of rotatable bonds is 7. The lowest BCUT2D eigenvalue weighted by Crippen LogP contribution is -2.35. The second-order valence-electron chi connectivity index (χ2n) is 4.84. The quantitative estimate of drug-likeness (QED) is 0.597. The van der Waals surface area contributed by atoms with E-state index in [2.05, 4.69) is 9.82 Å². The van der Waals surface area contributed by atoms with Crippen LogP contribution in [0.4, 0.5) is 5.69 Å². The van der Waals surface area contributed by atoms with Crippen LogP contribution in [0.15, 0.2) is 41.6 Å². The van der Waals surface area contributed by atoms with Crippen molar-refractivity contribution in [3.63, 3.8) is 0 Å². The number of nitrogens with zero attached hydrogens (tertiary/aromatic N) is 3. The van der Waals surface area contributed by atoms with Gasteiger partial charge in [-0.25, -0.2) is 13.1 Å². The molecule has 1 aromatic heterocycles. The number of benzene rings is 1. The molecule has 1 N–H and O–H groups in total. The van der Waals surface area contributed by atoms with Crippen LogP contribution in [0.1, 0.15) is 6.92 Å². The van der Waals surface area contributed by atoms with Gasteiger partial charge in [0.25, 0.3) is 0 Å². The van der Waals surface area contributed by atoms with Crippen molar-refractivity contribution in [1.29, 1.82) is 0 Å². The third-order valence-electron chi connectivity index (χ3n) is 3.03. The van der Waals surface area contributed by atoms with E-state index < -0.39 is 26.7 Å². The third kappa shape index (κ3) is 4.05. The van der Waals surface area contributed by atoms with Crippen molar-refractivity contribution in [2.24, 2.45) is 0 Å². The standard InChI is InChI=1S/C13H16N4O5S/c1-10(9-16-7-3-6-14-16)15-23(20,21)11-4-5-13(22-2)12(8-11)17(18)19/h3-8,10,15H,9H2,1-2H3/t10-/m0/s1. The van der Waals surface area contributed by atoms with Crippen molar-refractivity contribution in [2.75, 3.05) is 7.11 Å². The minimum absolute atomic E-state index is 0.00135. The number of nitro benzene ring substituents is 1. The number of nitro groups is 1. The van der Waals surface area contributed by atoms with Gasteiger partial charge in [0, 0.05) is 24.5 Å². The summed E-state index contributed by atoms with van der Waals surface area (Å²) in [5.74, 6) is -0.00135. The van der Waals surface area contributed by atoms with Crippen LogP contribution in [0.5, 0.6) is 5.75 Å². The molecule has 2 rings (SSSR count). The minimum Gasteiger partial charge on any atom is -0.490 e. The molecule has 1 aromatic carbocycles. The van der Waals surface area contributed by atoms with Crippen molar-refractivity contribution in [1.82, 2.24) is 14.5 Å². The van der Waals surface area contributed by atoms with Crippen molar-refractivity contribution in [3.05, 3.63) is 46.8 Å². The van der Waals surface area contributed by atoms with Gasteiger partial charge in [-0.2, -0.15) is 5.10 Å². The van der Waals surface area contributed by atoms with Crippen molar-refractivity contribution < 1.29 is 18.1 Å². The zero-order chi connectivity index (χ0) is 17.0. The van der Waals surface area contributed by atoms with Crippen LogP contribution in [0.3, 0.4) is 0 Å². The maximum Gasteiger partial charge on any atom is 0.312 e. The van der Waals surface area contributed by atoms with Crippen molar-refractivity contribution >= 4 is 15.7 Å². The zero-order valence-electron chi connectivity index (χ0n) is 12.5. The van der Waals surface area contributed by atoms with Gasteiger partial charge in [-0.3, -0.25) is 14.8 Å². The van der Waals surface area contributed by atoms with E-state index >= 15 is 0 Å². The van der Waals surface area contributed by atoms with Gasteiger partial charge < -0.3 is 4.74 Å². The average molecular weight is 340 g/mol. The van der Waals surface area contributed by atoms with Gasteiger partial charge in [0.2, 0.25) is 10.0 Å². The Bertz CT molecular complexity index is 789. The molecule has 10 heteroatoms. The average Bonchev–Trinajstić information content (AvgIpc) is 2.98. The number of nitrogens with one attached hydrogen (secondary N) is 1. The molecular formula is C13H16N4O5S. The van der Waals surface area contributed by atoms with Crippen LogP contribution in [-0.2, 0) is 16.6 Å². The van der Waals surface area contributed by atoms with Gasteiger partial charge in [0.05, 0.1) is 23.5 Å². The molecule has 1 atom stereocenters. The van der Waals surface area contributed by atoms with Gasteiger partial charge in [-0.1, -0.05) is 0 Å². The molecule has 0 saturated carbocycles. The fourth-order valence-corrected chi connectivity index (χ4v) is 3.29. The predicted molar refractivity (Wildman–Crippen MR) is 81.7 cm³/mol. The minimum atomic E-state index is -3.89. The fourth-order valence-electron chi connectivity index (χ4n) is 2.04. The summed E-state index contributed by atoms with van der Waals surface area (Å²) in [5.41, 5.74) is -0.407. The predicted octanol–water partition coefficient (Wildman–Crippen LogP) is 1.17. The molecule has 1 heterocycles. The molecule has 0 spiro atoms. The first-order chi connectivity index (χ1) is 10.8. The van der Waals surface area contributed by atoms with Crippen molar-refractivity contribution in [3.8, 4) is 5.75 Å². The highest BCUT2D eigenvalue weighted by atomic mass is 32.2. The van der Waals surface area contributed by atoms with E-state index in [4.69, 9.17) is 4.74 Å². The molecule has 0 radical (unpaired) electrons. The van der Waals surface area contributed by atoms with Crippen LogP contribution in [0, 0.1) is 10.1 Å². The molecule has 2 aromatic rings. The molecule has 0 aliphatic rings. The van der Waals surface area contributed by atoms with Crippen LogP contribution >= 0.6 is 0 Å². The molecule has 0 aliphatic carbocycles. The van der Waals surface area contributed by atoms with E-state index in [0.717, 1.165) is 6.07 Å². The topological polar surface area (TPSA) is 116 Å².